The summed E-state index contributed by atoms with van der Waals surface area (Å²) >= 11 is 11.9. The molecule has 0 spiro atoms. The molecule has 0 bridgehead atoms. The summed E-state index contributed by atoms with van der Waals surface area (Å²) in [6.45, 7) is 2.91. The Bertz CT molecular complexity index is 482. The summed E-state index contributed by atoms with van der Waals surface area (Å²) in [7, 11) is 0. The molecule has 3 nitrogen and oxygen atoms in total. The minimum absolute atomic E-state index is 0.138. The van der Waals surface area contributed by atoms with Gasteiger partial charge in [0, 0.05) is 6.54 Å². The van der Waals surface area contributed by atoms with Gasteiger partial charge in [0.1, 0.15) is 0 Å². The monoisotopic (exact) mass is 284 g/mol. The Morgan fingerprint density at radius 2 is 2.06 bits per heavy atom. The Morgan fingerprint density at radius 3 is 2.78 bits per heavy atom. The number of carbonyl (C=O) groups is 1. The lowest BCUT2D eigenvalue weighted by Crippen LogP contribution is -2.28. The minimum atomic E-state index is -0.138. The second-order valence-electron chi connectivity index (χ2n) is 4.96. The zero-order valence-electron chi connectivity index (χ0n) is 9.75. The maximum absolute atomic E-state index is 12.0. The van der Waals surface area contributed by atoms with Gasteiger partial charge in [-0.1, -0.05) is 29.3 Å². The molecule has 3 rings (SSSR count). The molecule has 1 aromatic carbocycles. The van der Waals surface area contributed by atoms with E-state index in [4.69, 9.17) is 23.2 Å². The Morgan fingerprint density at radius 1 is 1.33 bits per heavy atom. The number of fused-ring (bicyclic) bond motifs is 1. The van der Waals surface area contributed by atoms with Crippen LogP contribution in [0.3, 0.4) is 0 Å². The predicted molar refractivity (Wildman–Crippen MR) is 72.1 cm³/mol. The lowest BCUT2D eigenvalue weighted by molar-refractivity contribution is 0.0950. The third-order valence-electron chi connectivity index (χ3n) is 3.96. The molecule has 18 heavy (non-hydrogen) atoms. The van der Waals surface area contributed by atoms with Crippen LogP contribution in [0.4, 0.5) is 0 Å². The summed E-state index contributed by atoms with van der Waals surface area (Å²) < 4.78 is 0. The predicted octanol–water partition coefficient (Wildman–Crippen LogP) is 2.19. The molecule has 1 amide bonds. The number of hydrogen-bond acceptors (Lipinski definition) is 2. The molecule has 0 radical (unpaired) electrons. The number of benzene rings is 1. The number of amides is 1. The van der Waals surface area contributed by atoms with Gasteiger partial charge in [0.05, 0.1) is 15.6 Å². The first-order chi connectivity index (χ1) is 8.68. The fourth-order valence-electron chi connectivity index (χ4n) is 2.83. The molecule has 1 heterocycles. The summed E-state index contributed by atoms with van der Waals surface area (Å²) in [5.74, 6) is 1.99. The van der Waals surface area contributed by atoms with Gasteiger partial charge >= 0.3 is 0 Å². The molecule has 1 aliphatic carbocycles. The lowest BCUT2D eigenvalue weighted by atomic mass is 10.2. The average molecular weight is 285 g/mol. The fourth-order valence-corrected chi connectivity index (χ4v) is 3.22. The normalized spacial score (nSPS) is 28.9. The van der Waals surface area contributed by atoms with E-state index in [2.05, 4.69) is 10.6 Å². The molecule has 1 saturated heterocycles. The molecule has 1 aromatic rings. The molecule has 1 saturated carbocycles. The Kier molecular flexibility index (Phi) is 3.22. The van der Waals surface area contributed by atoms with Crippen LogP contribution in [0.5, 0.6) is 0 Å². The lowest BCUT2D eigenvalue weighted by Gasteiger charge is -2.09. The fraction of sp³-hybridized carbons (Fsp3) is 0.462. The summed E-state index contributed by atoms with van der Waals surface area (Å²) in [4.78, 5) is 12.0. The van der Waals surface area contributed by atoms with Crippen LogP contribution in [-0.4, -0.2) is 25.5 Å². The first-order valence-corrected chi connectivity index (χ1v) is 6.87. The van der Waals surface area contributed by atoms with Crippen molar-refractivity contribution in [2.75, 3.05) is 19.6 Å². The van der Waals surface area contributed by atoms with Gasteiger partial charge in [0.25, 0.3) is 5.91 Å². The van der Waals surface area contributed by atoms with E-state index < -0.39 is 0 Å². The highest BCUT2D eigenvalue weighted by molar-refractivity contribution is 6.43. The molecule has 1 aliphatic heterocycles. The molecular formula is C13H14Cl2N2O. The first-order valence-electron chi connectivity index (χ1n) is 6.11. The quantitative estimate of drug-likeness (QED) is 0.893. The Balaban J connectivity index is 1.60. The van der Waals surface area contributed by atoms with Crippen LogP contribution >= 0.6 is 23.2 Å². The van der Waals surface area contributed by atoms with E-state index in [9.17, 15) is 4.79 Å². The number of halogens is 2. The van der Waals surface area contributed by atoms with E-state index in [1.54, 1.807) is 18.2 Å². The van der Waals surface area contributed by atoms with E-state index in [-0.39, 0.29) is 5.91 Å². The van der Waals surface area contributed by atoms with Gasteiger partial charge in [-0.2, -0.15) is 0 Å². The van der Waals surface area contributed by atoms with Crippen LogP contribution in [-0.2, 0) is 0 Å². The van der Waals surface area contributed by atoms with Crippen molar-refractivity contribution in [3.05, 3.63) is 33.8 Å². The highest BCUT2D eigenvalue weighted by Crippen LogP contribution is 2.48. The maximum Gasteiger partial charge on any atom is 0.252 e. The van der Waals surface area contributed by atoms with Crippen LogP contribution < -0.4 is 10.6 Å². The van der Waals surface area contributed by atoms with Crippen LogP contribution in [0.25, 0.3) is 0 Å². The molecule has 2 aliphatic rings. The molecule has 5 heteroatoms. The van der Waals surface area contributed by atoms with Crippen LogP contribution in [0.15, 0.2) is 18.2 Å². The second kappa shape index (κ2) is 4.72. The van der Waals surface area contributed by atoms with Gasteiger partial charge in [-0.25, -0.2) is 0 Å². The Labute approximate surface area is 116 Å². The van der Waals surface area contributed by atoms with Crippen LogP contribution in [0, 0.1) is 17.8 Å². The molecule has 0 aromatic heterocycles. The van der Waals surface area contributed by atoms with E-state index in [1.165, 1.54) is 0 Å². The summed E-state index contributed by atoms with van der Waals surface area (Å²) in [5.41, 5.74) is 0.452. The zero-order valence-corrected chi connectivity index (χ0v) is 11.3. The van der Waals surface area contributed by atoms with E-state index in [0.717, 1.165) is 31.5 Å². The van der Waals surface area contributed by atoms with Crippen molar-refractivity contribution in [1.82, 2.24) is 10.6 Å². The highest BCUT2D eigenvalue weighted by Gasteiger charge is 2.52. The number of carbonyl (C=O) groups excluding carboxylic acids is 1. The molecule has 2 atom stereocenters. The third-order valence-corrected chi connectivity index (χ3v) is 4.78. The number of rotatable bonds is 3. The van der Waals surface area contributed by atoms with Crippen molar-refractivity contribution in [1.29, 1.82) is 0 Å². The topological polar surface area (TPSA) is 41.1 Å². The largest absolute Gasteiger partial charge is 0.352 e. The van der Waals surface area contributed by atoms with E-state index >= 15 is 0 Å². The number of piperidine rings is 1. The highest BCUT2D eigenvalue weighted by atomic mass is 35.5. The van der Waals surface area contributed by atoms with Gasteiger partial charge in [0.15, 0.2) is 0 Å². The maximum atomic E-state index is 12.0. The van der Waals surface area contributed by atoms with E-state index in [1.807, 2.05) is 0 Å². The zero-order chi connectivity index (χ0) is 12.7. The standard InChI is InChI=1S/C13H14Cl2N2O/c14-11-3-1-2-7(12(11)15)13(18)17-6-10-8-4-16-5-9(8)10/h1-3,8-10,16H,4-6H2,(H,17,18). The van der Waals surface area contributed by atoms with Crippen molar-refractivity contribution in [2.24, 2.45) is 17.8 Å². The molecule has 2 N–H and O–H groups in total. The van der Waals surface area contributed by atoms with Gasteiger partial charge in [0.2, 0.25) is 0 Å². The van der Waals surface area contributed by atoms with Gasteiger partial charge in [-0.3, -0.25) is 4.79 Å². The van der Waals surface area contributed by atoms with Gasteiger partial charge < -0.3 is 10.6 Å². The van der Waals surface area contributed by atoms with Gasteiger partial charge in [-0.15, -0.1) is 0 Å². The third kappa shape index (κ3) is 2.11. The Hall–Kier alpha value is -0.770. The average Bonchev–Trinajstić information content (AvgIpc) is 2.80. The number of hydrogen-bond donors (Lipinski definition) is 2. The smallest absolute Gasteiger partial charge is 0.252 e. The molecule has 96 valence electrons. The van der Waals surface area contributed by atoms with Crippen molar-refractivity contribution in [3.63, 3.8) is 0 Å². The summed E-state index contributed by atoms with van der Waals surface area (Å²) in [6, 6.07) is 5.11. The SMILES string of the molecule is O=C(NCC1C2CNCC21)c1cccc(Cl)c1Cl. The van der Waals surface area contributed by atoms with Crippen LogP contribution in [0.1, 0.15) is 10.4 Å². The molecular weight excluding hydrogens is 271 g/mol. The molecule has 2 unspecified atom stereocenters. The van der Waals surface area contributed by atoms with Crippen molar-refractivity contribution in [3.8, 4) is 0 Å². The van der Waals surface area contributed by atoms with Crippen molar-refractivity contribution < 1.29 is 4.79 Å². The van der Waals surface area contributed by atoms with Crippen molar-refractivity contribution >= 4 is 29.1 Å². The second-order valence-corrected chi connectivity index (χ2v) is 5.75. The summed E-state index contributed by atoms with van der Waals surface area (Å²) in [6.07, 6.45) is 0. The van der Waals surface area contributed by atoms with E-state index in [0.29, 0.717) is 21.5 Å². The minimum Gasteiger partial charge on any atom is -0.352 e. The van der Waals surface area contributed by atoms with Crippen LogP contribution in [0.2, 0.25) is 10.0 Å². The molecule has 2 fully saturated rings. The van der Waals surface area contributed by atoms with Gasteiger partial charge in [-0.05, 0) is 43.0 Å². The van der Waals surface area contributed by atoms with Crippen molar-refractivity contribution in [2.45, 2.75) is 0 Å². The first kappa shape index (κ1) is 12.3. The number of nitrogens with one attached hydrogen (secondary N) is 2. The summed E-state index contributed by atoms with van der Waals surface area (Å²) in [5, 5.41) is 7.03.